The molecule has 0 aliphatic carbocycles. The molecule has 2 rings (SSSR count). The first kappa shape index (κ1) is 14.3. The van der Waals surface area contributed by atoms with Gasteiger partial charge in [-0.3, -0.25) is 4.72 Å². The summed E-state index contributed by atoms with van der Waals surface area (Å²) in [6.07, 6.45) is 1.49. The number of hydrogen-bond donors (Lipinski definition) is 2. The van der Waals surface area contributed by atoms with Crippen LogP contribution in [0.1, 0.15) is 5.56 Å². The van der Waals surface area contributed by atoms with E-state index in [0.717, 1.165) is 0 Å². The van der Waals surface area contributed by atoms with Crippen molar-refractivity contribution in [3.05, 3.63) is 48.2 Å². The van der Waals surface area contributed by atoms with Crippen molar-refractivity contribution in [1.29, 1.82) is 0 Å². The molecule has 1 aromatic carbocycles. The van der Waals surface area contributed by atoms with E-state index in [-0.39, 0.29) is 17.3 Å². The van der Waals surface area contributed by atoms with Crippen molar-refractivity contribution in [2.45, 2.75) is 11.5 Å². The van der Waals surface area contributed by atoms with Crippen molar-refractivity contribution >= 4 is 15.8 Å². The van der Waals surface area contributed by atoms with E-state index in [4.69, 9.17) is 4.74 Å². The topological polar surface area (TPSA) is 88.5 Å². The molecule has 0 unspecified atom stereocenters. The van der Waals surface area contributed by atoms with Crippen molar-refractivity contribution in [1.82, 2.24) is 4.98 Å². The summed E-state index contributed by atoms with van der Waals surface area (Å²) in [4.78, 5) is 3.94. The summed E-state index contributed by atoms with van der Waals surface area (Å²) in [5.74, 6) is 0.665. The molecule has 0 amide bonds. The molecule has 20 heavy (non-hydrogen) atoms. The van der Waals surface area contributed by atoms with Crippen LogP contribution in [0.25, 0.3) is 0 Å². The van der Waals surface area contributed by atoms with Crippen LogP contribution in [-0.2, 0) is 16.6 Å². The highest BCUT2D eigenvalue weighted by molar-refractivity contribution is 7.92. The Morgan fingerprint density at radius 2 is 2.10 bits per heavy atom. The second-order valence-electron chi connectivity index (χ2n) is 3.95. The van der Waals surface area contributed by atoms with Gasteiger partial charge < -0.3 is 9.84 Å². The number of anilines is 1. The molecule has 0 saturated carbocycles. The third kappa shape index (κ3) is 3.06. The van der Waals surface area contributed by atoms with Gasteiger partial charge in [-0.2, -0.15) is 0 Å². The molecule has 0 spiro atoms. The van der Waals surface area contributed by atoms with Gasteiger partial charge in [-0.15, -0.1) is 0 Å². The maximum Gasteiger partial charge on any atom is 0.263 e. The van der Waals surface area contributed by atoms with Gasteiger partial charge in [0.15, 0.2) is 0 Å². The minimum atomic E-state index is -3.75. The largest absolute Gasteiger partial charge is 0.496 e. The number of sulfonamides is 1. The molecule has 2 aromatic rings. The van der Waals surface area contributed by atoms with E-state index >= 15 is 0 Å². The van der Waals surface area contributed by atoms with E-state index in [1.54, 1.807) is 18.2 Å². The molecule has 0 aliphatic rings. The highest BCUT2D eigenvalue weighted by Crippen LogP contribution is 2.23. The summed E-state index contributed by atoms with van der Waals surface area (Å²) < 4.78 is 31.8. The summed E-state index contributed by atoms with van der Waals surface area (Å²) >= 11 is 0. The van der Waals surface area contributed by atoms with Gasteiger partial charge in [0.1, 0.15) is 11.6 Å². The number of methoxy groups -OCH3 is 1. The molecule has 1 aromatic heterocycles. The van der Waals surface area contributed by atoms with Gasteiger partial charge >= 0.3 is 0 Å². The highest BCUT2D eigenvalue weighted by atomic mass is 32.2. The molecule has 0 aliphatic heterocycles. The third-order valence-electron chi connectivity index (χ3n) is 2.64. The Hall–Kier alpha value is -2.12. The van der Waals surface area contributed by atoms with Crippen molar-refractivity contribution in [2.75, 3.05) is 11.8 Å². The van der Waals surface area contributed by atoms with E-state index in [9.17, 15) is 13.5 Å². The molecule has 1 heterocycles. The zero-order valence-corrected chi connectivity index (χ0v) is 11.6. The fourth-order valence-electron chi connectivity index (χ4n) is 1.67. The number of nitrogens with one attached hydrogen (secondary N) is 1. The Balaban J connectivity index is 2.35. The first-order chi connectivity index (χ1) is 9.56. The predicted molar refractivity (Wildman–Crippen MR) is 74.0 cm³/mol. The van der Waals surface area contributed by atoms with Crippen LogP contribution < -0.4 is 9.46 Å². The van der Waals surface area contributed by atoms with Gasteiger partial charge in [-0.1, -0.05) is 6.07 Å². The number of ether oxygens (including phenoxy) is 1. The zero-order valence-electron chi connectivity index (χ0n) is 10.8. The smallest absolute Gasteiger partial charge is 0.263 e. The molecule has 0 bridgehead atoms. The Bertz CT molecular complexity index is 687. The quantitative estimate of drug-likeness (QED) is 0.869. The molecule has 0 atom stereocenters. The molecule has 0 fully saturated rings. The summed E-state index contributed by atoms with van der Waals surface area (Å²) in [5.41, 5.74) is 0.399. The Kier molecular flexibility index (Phi) is 4.21. The number of benzene rings is 1. The average Bonchev–Trinajstić information content (AvgIpc) is 2.47. The van der Waals surface area contributed by atoms with Crippen LogP contribution in [0, 0.1) is 0 Å². The molecular formula is C13H14N2O4S. The van der Waals surface area contributed by atoms with Crippen molar-refractivity contribution in [3.63, 3.8) is 0 Å². The minimum Gasteiger partial charge on any atom is -0.496 e. The molecule has 106 valence electrons. The standard InChI is InChI=1S/C13H14N2O4S/c1-19-12-6-5-11(8-10(12)9-16)20(17,18)15-13-4-2-3-7-14-13/h2-8,16H,9H2,1H3,(H,14,15). The van der Waals surface area contributed by atoms with Gasteiger partial charge in [0.25, 0.3) is 10.0 Å². The van der Waals surface area contributed by atoms with Gasteiger partial charge in [0, 0.05) is 11.8 Å². The summed E-state index contributed by atoms with van der Waals surface area (Å²) in [6.45, 7) is -0.309. The van der Waals surface area contributed by atoms with Crippen LogP contribution in [0.2, 0.25) is 0 Å². The van der Waals surface area contributed by atoms with E-state index in [1.807, 2.05) is 0 Å². The first-order valence-electron chi connectivity index (χ1n) is 5.78. The van der Waals surface area contributed by atoms with Gasteiger partial charge in [-0.25, -0.2) is 13.4 Å². The number of aliphatic hydroxyl groups is 1. The lowest BCUT2D eigenvalue weighted by atomic mass is 10.2. The molecule has 7 heteroatoms. The predicted octanol–water partition coefficient (Wildman–Crippen LogP) is 1.38. The highest BCUT2D eigenvalue weighted by Gasteiger charge is 2.16. The molecule has 0 radical (unpaired) electrons. The normalized spacial score (nSPS) is 11.1. The number of aromatic nitrogens is 1. The zero-order chi connectivity index (χ0) is 14.6. The Morgan fingerprint density at radius 3 is 2.70 bits per heavy atom. The monoisotopic (exact) mass is 294 g/mol. The lowest BCUT2D eigenvalue weighted by molar-refractivity contribution is 0.273. The van der Waals surface area contributed by atoms with Crippen LogP contribution in [0.15, 0.2) is 47.5 Å². The van der Waals surface area contributed by atoms with E-state index in [2.05, 4.69) is 9.71 Å². The van der Waals surface area contributed by atoms with Gasteiger partial charge in [0.2, 0.25) is 0 Å². The molecule has 6 nitrogen and oxygen atoms in total. The summed E-state index contributed by atoms with van der Waals surface area (Å²) in [5, 5.41) is 9.22. The van der Waals surface area contributed by atoms with Gasteiger partial charge in [0.05, 0.1) is 18.6 Å². The third-order valence-corrected chi connectivity index (χ3v) is 3.99. The number of pyridine rings is 1. The lowest BCUT2D eigenvalue weighted by Crippen LogP contribution is -2.14. The maximum atomic E-state index is 12.2. The Morgan fingerprint density at radius 1 is 1.30 bits per heavy atom. The fraction of sp³-hybridized carbons (Fsp3) is 0.154. The summed E-state index contributed by atoms with van der Waals surface area (Å²) in [6, 6.07) is 9.19. The SMILES string of the molecule is COc1ccc(S(=O)(=O)Nc2ccccn2)cc1CO. The van der Waals surface area contributed by atoms with Crippen LogP contribution in [-0.4, -0.2) is 25.6 Å². The number of rotatable bonds is 5. The lowest BCUT2D eigenvalue weighted by Gasteiger charge is -2.10. The number of aliphatic hydroxyl groups excluding tert-OH is 1. The van der Waals surface area contributed by atoms with E-state index < -0.39 is 10.0 Å². The van der Waals surface area contributed by atoms with Crippen molar-refractivity contribution < 1.29 is 18.3 Å². The Labute approximate surface area is 117 Å². The van der Waals surface area contributed by atoms with Gasteiger partial charge in [-0.05, 0) is 30.3 Å². The first-order valence-corrected chi connectivity index (χ1v) is 7.27. The van der Waals surface area contributed by atoms with Crippen LogP contribution >= 0.6 is 0 Å². The number of nitrogens with zero attached hydrogens (tertiary/aromatic N) is 1. The molecule has 0 saturated heterocycles. The van der Waals surface area contributed by atoms with Crippen molar-refractivity contribution in [2.24, 2.45) is 0 Å². The second-order valence-corrected chi connectivity index (χ2v) is 5.63. The minimum absolute atomic E-state index is 0.0352. The van der Waals surface area contributed by atoms with Crippen LogP contribution in [0.4, 0.5) is 5.82 Å². The second kappa shape index (κ2) is 5.89. The van der Waals surface area contributed by atoms with E-state index in [0.29, 0.717) is 11.3 Å². The van der Waals surface area contributed by atoms with Crippen LogP contribution in [0.3, 0.4) is 0 Å². The molecule has 2 N–H and O–H groups in total. The maximum absolute atomic E-state index is 12.2. The number of hydrogen-bond acceptors (Lipinski definition) is 5. The van der Waals surface area contributed by atoms with Crippen molar-refractivity contribution in [3.8, 4) is 5.75 Å². The molecular weight excluding hydrogens is 280 g/mol. The van der Waals surface area contributed by atoms with Crippen LogP contribution in [0.5, 0.6) is 5.75 Å². The average molecular weight is 294 g/mol. The fourth-order valence-corrected chi connectivity index (χ4v) is 2.72. The van der Waals surface area contributed by atoms with E-state index in [1.165, 1.54) is 31.5 Å². The summed E-state index contributed by atoms with van der Waals surface area (Å²) in [7, 11) is -2.30.